The highest BCUT2D eigenvalue weighted by molar-refractivity contribution is 5.69. The maximum absolute atomic E-state index is 13.1. The summed E-state index contributed by atoms with van der Waals surface area (Å²) in [5.74, 6) is -0.386. The van der Waals surface area contributed by atoms with Crippen LogP contribution in [-0.4, -0.2) is 142 Å². The minimum atomic E-state index is -1.71. The van der Waals surface area contributed by atoms with Crippen LogP contribution in [0.4, 0.5) is 0 Å². The second kappa shape index (κ2) is 49.7. The molecule has 2 aliphatic rings. The third-order valence-electron chi connectivity index (χ3n) is 14.8. The van der Waals surface area contributed by atoms with Gasteiger partial charge in [0.25, 0.3) is 0 Å². The fourth-order valence-corrected chi connectivity index (χ4v) is 9.76. The molecule has 14 nitrogen and oxygen atoms in total. The summed E-state index contributed by atoms with van der Waals surface area (Å²) in [6.07, 6.45) is 44.5. The zero-order valence-corrected chi connectivity index (χ0v) is 48.4. The molecule has 2 rings (SSSR count). The molecule has 0 saturated carbocycles. The van der Waals surface area contributed by atoms with Crippen molar-refractivity contribution < 1.29 is 69.0 Å². The highest BCUT2D eigenvalue weighted by Crippen LogP contribution is 2.27. The molecule has 0 aromatic heterocycles. The number of esters is 1. The van der Waals surface area contributed by atoms with Crippen LogP contribution in [0.2, 0.25) is 0 Å². The molecule has 77 heavy (non-hydrogen) atoms. The third-order valence-corrected chi connectivity index (χ3v) is 14.8. The van der Waals surface area contributed by atoms with Gasteiger partial charge in [0, 0.05) is 13.0 Å². The van der Waals surface area contributed by atoms with Gasteiger partial charge < -0.3 is 64.2 Å². The number of ether oxygens (including phenoxy) is 6. The van der Waals surface area contributed by atoms with Gasteiger partial charge >= 0.3 is 5.97 Å². The maximum Gasteiger partial charge on any atom is 0.306 e. The van der Waals surface area contributed by atoms with E-state index in [1.807, 2.05) is 0 Å². The predicted octanol–water partition coefficient (Wildman–Crippen LogP) is 11.9. The van der Waals surface area contributed by atoms with E-state index in [9.17, 15) is 40.5 Å². The fourth-order valence-electron chi connectivity index (χ4n) is 9.76. The molecule has 7 N–H and O–H groups in total. The lowest BCUT2D eigenvalue weighted by Gasteiger charge is -2.42. The Morgan fingerprint density at radius 2 is 0.805 bits per heavy atom. The van der Waals surface area contributed by atoms with Crippen LogP contribution < -0.4 is 0 Å². The summed E-state index contributed by atoms with van der Waals surface area (Å²) >= 11 is 0. The van der Waals surface area contributed by atoms with Crippen molar-refractivity contribution in [2.45, 2.75) is 313 Å². The number of carbonyl (C=O) groups excluding carboxylic acids is 1. The Hall–Kier alpha value is -2.05. The average Bonchev–Trinajstić information content (AvgIpc) is 3.43. The van der Waals surface area contributed by atoms with E-state index in [0.29, 0.717) is 13.0 Å². The van der Waals surface area contributed by atoms with E-state index in [2.05, 4.69) is 62.5 Å². The Kier molecular flexibility index (Phi) is 45.9. The number of hydrogen-bond acceptors (Lipinski definition) is 14. The Bertz CT molecular complexity index is 1460. The Labute approximate surface area is 467 Å². The lowest BCUT2D eigenvalue weighted by molar-refractivity contribution is -0.332. The lowest BCUT2D eigenvalue weighted by atomic mass is 9.98. The monoisotopic (exact) mass is 1090 g/mol. The maximum atomic E-state index is 13.1. The summed E-state index contributed by atoms with van der Waals surface area (Å²) in [6.45, 7) is 3.69. The quantitative estimate of drug-likeness (QED) is 0.0172. The van der Waals surface area contributed by atoms with Crippen molar-refractivity contribution in [2.75, 3.05) is 33.0 Å². The van der Waals surface area contributed by atoms with Gasteiger partial charge in [-0.05, 0) is 77.0 Å². The second-order valence-corrected chi connectivity index (χ2v) is 21.9. The van der Waals surface area contributed by atoms with Crippen LogP contribution in [0.25, 0.3) is 0 Å². The molecule has 0 radical (unpaired) electrons. The molecule has 11 atom stereocenters. The summed E-state index contributed by atoms with van der Waals surface area (Å²) in [4.78, 5) is 13.1. The van der Waals surface area contributed by atoms with E-state index in [-0.39, 0.29) is 25.6 Å². The van der Waals surface area contributed by atoms with E-state index in [4.69, 9.17) is 28.4 Å². The van der Waals surface area contributed by atoms with E-state index in [0.717, 1.165) is 70.6 Å². The fraction of sp³-hybridized carbons (Fsp3) is 0.857. The molecule has 14 heteroatoms. The topological polar surface area (TPSA) is 214 Å². The van der Waals surface area contributed by atoms with Crippen molar-refractivity contribution in [3.63, 3.8) is 0 Å². The summed E-state index contributed by atoms with van der Waals surface area (Å²) in [7, 11) is 0. The van der Waals surface area contributed by atoms with Crippen LogP contribution >= 0.6 is 0 Å². The Balaban J connectivity index is 1.70. The first-order valence-corrected chi connectivity index (χ1v) is 31.2. The highest BCUT2D eigenvalue weighted by Gasteiger charge is 2.47. The van der Waals surface area contributed by atoms with E-state index in [1.165, 1.54) is 148 Å². The number of unbranched alkanes of at least 4 members (excludes halogenated alkanes) is 29. The SMILES string of the molecule is CCCCCCC/C=C\C/C=C\C/C=C\CCCCCCCCC(=O)OC(COCCCCCCCCCCCC/C=C\CCCCCCCCCC)COC1OC(COC2OC(CO)C(O)C(O)C2O)C(O)C(O)C1O. The molecule has 450 valence electrons. The van der Waals surface area contributed by atoms with Crippen molar-refractivity contribution in [3.8, 4) is 0 Å². The molecule has 0 bridgehead atoms. The van der Waals surface area contributed by atoms with Gasteiger partial charge in [0.05, 0.1) is 26.4 Å². The van der Waals surface area contributed by atoms with E-state index < -0.39 is 80.7 Å². The van der Waals surface area contributed by atoms with Crippen molar-refractivity contribution in [3.05, 3.63) is 48.6 Å². The number of aliphatic hydroxyl groups excluding tert-OH is 7. The summed E-state index contributed by atoms with van der Waals surface area (Å²) in [5.41, 5.74) is 0. The predicted molar refractivity (Wildman–Crippen MR) is 307 cm³/mol. The largest absolute Gasteiger partial charge is 0.457 e. The molecule has 11 unspecified atom stereocenters. The number of allylic oxidation sites excluding steroid dienone is 8. The van der Waals surface area contributed by atoms with Gasteiger partial charge in [-0.2, -0.15) is 0 Å². The number of rotatable bonds is 51. The van der Waals surface area contributed by atoms with Crippen LogP contribution in [0.3, 0.4) is 0 Å². The van der Waals surface area contributed by atoms with Crippen molar-refractivity contribution in [2.24, 2.45) is 0 Å². The zero-order valence-electron chi connectivity index (χ0n) is 48.4. The molecule has 2 saturated heterocycles. The number of carbonyl (C=O) groups is 1. The molecule has 0 aliphatic carbocycles. The van der Waals surface area contributed by atoms with Gasteiger partial charge in [-0.1, -0.05) is 210 Å². The Morgan fingerprint density at radius 3 is 1.27 bits per heavy atom. The molecule has 0 amide bonds. The van der Waals surface area contributed by atoms with E-state index >= 15 is 0 Å². The van der Waals surface area contributed by atoms with Crippen molar-refractivity contribution >= 4 is 5.97 Å². The zero-order chi connectivity index (χ0) is 55.8. The van der Waals surface area contributed by atoms with Crippen LogP contribution in [0.5, 0.6) is 0 Å². The first-order chi connectivity index (χ1) is 37.6. The summed E-state index contributed by atoms with van der Waals surface area (Å²) < 4.78 is 34.4. The van der Waals surface area contributed by atoms with Gasteiger partial charge in [-0.3, -0.25) is 4.79 Å². The average molecular weight is 1100 g/mol. The second-order valence-electron chi connectivity index (χ2n) is 21.9. The number of aliphatic hydroxyl groups is 7. The van der Waals surface area contributed by atoms with Gasteiger partial charge in [-0.15, -0.1) is 0 Å². The summed E-state index contributed by atoms with van der Waals surface area (Å²) in [6, 6.07) is 0. The van der Waals surface area contributed by atoms with Gasteiger partial charge in [0.2, 0.25) is 0 Å². The van der Waals surface area contributed by atoms with Crippen molar-refractivity contribution in [1.82, 2.24) is 0 Å². The first-order valence-electron chi connectivity index (χ1n) is 31.2. The molecular formula is C63H114O14. The molecule has 0 aromatic rings. The third kappa shape index (κ3) is 36.1. The minimum Gasteiger partial charge on any atom is -0.457 e. The lowest BCUT2D eigenvalue weighted by Crippen LogP contribution is -2.61. The molecule has 2 heterocycles. The Morgan fingerprint density at radius 1 is 0.429 bits per heavy atom. The van der Waals surface area contributed by atoms with Crippen LogP contribution in [0, 0.1) is 0 Å². The van der Waals surface area contributed by atoms with Gasteiger partial charge in [0.1, 0.15) is 54.9 Å². The molecule has 2 fully saturated rings. The van der Waals surface area contributed by atoms with Crippen LogP contribution in [0.15, 0.2) is 48.6 Å². The number of hydrogen-bond donors (Lipinski definition) is 7. The summed E-state index contributed by atoms with van der Waals surface area (Å²) in [5, 5.41) is 72.4. The van der Waals surface area contributed by atoms with Crippen LogP contribution in [-0.2, 0) is 33.2 Å². The minimum absolute atomic E-state index is 0.0554. The highest BCUT2D eigenvalue weighted by atomic mass is 16.7. The van der Waals surface area contributed by atoms with Gasteiger partial charge in [-0.25, -0.2) is 0 Å². The standard InChI is InChI=1S/C63H114O14/c1-3-5-7-9-11-13-15-17-19-21-23-25-27-29-31-33-35-37-39-41-43-45-47-72-49-52(50-73-62-61(71)59(69)57(67)54(77-62)51-74-63-60(70)58(68)56(66)53(48-64)76-63)75-55(65)46-44-42-40-38-36-34-32-30-28-26-24-22-20-18-16-14-12-10-8-6-4-2/h16,18,21-24,28,30,52-54,56-64,66-71H,3-15,17,19-20,25-27,29,31-51H2,1-2H3/b18-16-,23-21-,24-22-,30-28-. The molecule has 0 aromatic carbocycles. The smallest absolute Gasteiger partial charge is 0.306 e. The molecule has 2 aliphatic heterocycles. The van der Waals surface area contributed by atoms with Gasteiger partial charge in [0.15, 0.2) is 12.6 Å². The molecule has 0 spiro atoms. The first kappa shape index (κ1) is 71.1. The van der Waals surface area contributed by atoms with Crippen molar-refractivity contribution in [1.29, 1.82) is 0 Å². The molecular weight excluding hydrogens is 981 g/mol. The normalized spacial score (nSPS) is 24.6. The van der Waals surface area contributed by atoms with Crippen LogP contribution in [0.1, 0.15) is 245 Å². The van der Waals surface area contributed by atoms with E-state index in [1.54, 1.807) is 0 Å².